The number of piperazine rings is 3. The third-order valence-corrected chi connectivity index (χ3v) is 5.29. The van der Waals surface area contributed by atoms with Crippen LogP contribution in [0.4, 0.5) is 0 Å². The molecule has 3 aliphatic heterocycles. The van der Waals surface area contributed by atoms with E-state index >= 15 is 0 Å². The minimum Gasteiger partial charge on any atom is -0.326 e. The molecule has 0 radical (unpaired) electrons. The van der Waals surface area contributed by atoms with E-state index in [1.54, 1.807) is 0 Å². The Morgan fingerprint density at radius 1 is 1.12 bits per heavy atom. The van der Waals surface area contributed by atoms with Gasteiger partial charge in [0.2, 0.25) is 0 Å². The molecule has 3 nitrogen and oxygen atoms in total. The van der Waals surface area contributed by atoms with Crippen LogP contribution in [0, 0.1) is 11.8 Å². The molecule has 1 aliphatic carbocycles. The van der Waals surface area contributed by atoms with Gasteiger partial charge in [-0.15, -0.1) is 0 Å². The Bertz CT molecular complexity index is 260. The Balaban J connectivity index is 1.63. The average Bonchev–Trinajstić information content (AvgIpc) is 2.39. The van der Waals surface area contributed by atoms with Crippen molar-refractivity contribution in [3.8, 4) is 0 Å². The maximum absolute atomic E-state index is 6.60. The smallest absolute Gasteiger partial charge is 0.0378 e. The molecule has 3 saturated heterocycles. The second-order valence-corrected chi connectivity index (χ2v) is 6.51. The third kappa shape index (κ3) is 2.38. The molecular weight excluding hydrogens is 210 g/mol. The summed E-state index contributed by atoms with van der Waals surface area (Å²) in [7, 11) is 0. The van der Waals surface area contributed by atoms with Crippen LogP contribution in [0.25, 0.3) is 0 Å². The van der Waals surface area contributed by atoms with Crippen LogP contribution in [0.2, 0.25) is 0 Å². The molecule has 98 valence electrons. The zero-order valence-corrected chi connectivity index (χ0v) is 11.1. The van der Waals surface area contributed by atoms with Gasteiger partial charge in [0, 0.05) is 44.8 Å². The normalized spacial score (nSPS) is 48.0. The van der Waals surface area contributed by atoms with E-state index in [0.29, 0.717) is 12.1 Å². The Kier molecular flexibility index (Phi) is 3.42. The largest absolute Gasteiger partial charge is 0.326 e. The number of hydrogen-bond donors (Lipinski definition) is 1. The zero-order valence-electron chi connectivity index (χ0n) is 11.1. The Hall–Kier alpha value is -0.120. The molecule has 4 aliphatic rings. The van der Waals surface area contributed by atoms with Crippen molar-refractivity contribution in [2.45, 2.75) is 44.7 Å². The van der Waals surface area contributed by atoms with Crippen LogP contribution in [0.15, 0.2) is 0 Å². The van der Waals surface area contributed by atoms with Gasteiger partial charge in [-0.25, -0.2) is 0 Å². The lowest BCUT2D eigenvalue weighted by Crippen LogP contribution is -2.67. The fraction of sp³-hybridized carbons (Fsp3) is 1.00. The molecule has 0 amide bonds. The lowest BCUT2D eigenvalue weighted by atomic mass is 9.76. The molecule has 0 spiro atoms. The Labute approximate surface area is 105 Å². The zero-order chi connectivity index (χ0) is 11.8. The lowest BCUT2D eigenvalue weighted by molar-refractivity contribution is -0.0106. The molecule has 0 aromatic heterocycles. The van der Waals surface area contributed by atoms with Crippen molar-refractivity contribution in [2.75, 3.05) is 32.7 Å². The summed E-state index contributed by atoms with van der Waals surface area (Å²) in [5.74, 6) is 1.68. The molecule has 1 saturated carbocycles. The van der Waals surface area contributed by atoms with E-state index in [1.165, 1.54) is 58.4 Å². The standard InChI is InChI=1S/C14H27N3/c1-11-3-2-4-12(9-11)14(15)13-10-16-5-7-17(13)8-6-16/h11-14H,2-10,15H2,1H3. The van der Waals surface area contributed by atoms with Gasteiger partial charge in [0.15, 0.2) is 0 Å². The van der Waals surface area contributed by atoms with E-state index in [4.69, 9.17) is 5.73 Å². The second kappa shape index (κ2) is 4.87. The number of nitrogens with two attached hydrogens (primary N) is 1. The van der Waals surface area contributed by atoms with Crippen LogP contribution < -0.4 is 5.73 Å². The highest BCUT2D eigenvalue weighted by Crippen LogP contribution is 2.33. The van der Waals surface area contributed by atoms with Gasteiger partial charge < -0.3 is 5.73 Å². The van der Waals surface area contributed by atoms with E-state index in [9.17, 15) is 0 Å². The second-order valence-electron chi connectivity index (χ2n) is 6.51. The summed E-state index contributed by atoms with van der Waals surface area (Å²) in [5, 5.41) is 0. The molecular formula is C14H27N3. The minimum atomic E-state index is 0.417. The molecule has 4 fully saturated rings. The van der Waals surface area contributed by atoms with Crippen molar-refractivity contribution in [1.82, 2.24) is 9.80 Å². The first-order valence-electron chi connectivity index (χ1n) is 7.46. The fourth-order valence-corrected chi connectivity index (χ4v) is 4.17. The van der Waals surface area contributed by atoms with Gasteiger partial charge >= 0.3 is 0 Å². The molecule has 2 N–H and O–H groups in total. The number of nitrogens with zero attached hydrogens (tertiary/aromatic N) is 2. The van der Waals surface area contributed by atoms with Crippen molar-refractivity contribution >= 4 is 0 Å². The van der Waals surface area contributed by atoms with Crippen LogP contribution in [0.1, 0.15) is 32.6 Å². The summed E-state index contributed by atoms with van der Waals surface area (Å²) < 4.78 is 0. The summed E-state index contributed by atoms with van der Waals surface area (Å²) in [6.45, 7) is 8.66. The van der Waals surface area contributed by atoms with Crippen molar-refractivity contribution in [2.24, 2.45) is 17.6 Å². The van der Waals surface area contributed by atoms with Gasteiger partial charge in [0.1, 0.15) is 0 Å². The number of fused-ring (bicyclic) bond motifs is 3. The summed E-state index contributed by atoms with van der Waals surface area (Å²) in [5.41, 5.74) is 6.60. The first-order valence-corrected chi connectivity index (χ1v) is 7.46. The molecule has 0 aromatic carbocycles. The highest BCUT2D eigenvalue weighted by atomic mass is 15.3. The fourth-order valence-electron chi connectivity index (χ4n) is 4.17. The van der Waals surface area contributed by atoms with E-state index in [-0.39, 0.29) is 0 Å². The Morgan fingerprint density at radius 3 is 2.47 bits per heavy atom. The predicted molar refractivity (Wildman–Crippen MR) is 70.9 cm³/mol. The summed E-state index contributed by atoms with van der Waals surface area (Å²) in [6.07, 6.45) is 5.56. The van der Waals surface area contributed by atoms with Crippen LogP contribution >= 0.6 is 0 Å². The molecule has 4 atom stereocenters. The van der Waals surface area contributed by atoms with Crippen molar-refractivity contribution in [1.29, 1.82) is 0 Å². The van der Waals surface area contributed by atoms with Crippen LogP contribution in [0.3, 0.4) is 0 Å². The summed E-state index contributed by atoms with van der Waals surface area (Å²) in [4.78, 5) is 5.26. The Morgan fingerprint density at radius 2 is 1.88 bits per heavy atom. The van der Waals surface area contributed by atoms with Gasteiger partial charge in [-0.2, -0.15) is 0 Å². The number of rotatable bonds is 2. The first-order chi connectivity index (χ1) is 8.24. The monoisotopic (exact) mass is 237 g/mol. The van der Waals surface area contributed by atoms with Gasteiger partial charge in [-0.3, -0.25) is 9.80 Å². The minimum absolute atomic E-state index is 0.417. The van der Waals surface area contributed by atoms with Crippen molar-refractivity contribution in [3.05, 3.63) is 0 Å². The van der Waals surface area contributed by atoms with E-state index < -0.39 is 0 Å². The maximum Gasteiger partial charge on any atom is 0.0378 e. The molecule has 4 unspecified atom stereocenters. The molecule has 2 bridgehead atoms. The highest BCUT2D eigenvalue weighted by molar-refractivity contribution is 4.96. The highest BCUT2D eigenvalue weighted by Gasteiger charge is 2.38. The van der Waals surface area contributed by atoms with Crippen molar-refractivity contribution in [3.63, 3.8) is 0 Å². The summed E-state index contributed by atoms with van der Waals surface area (Å²) >= 11 is 0. The van der Waals surface area contributed by atoms with Crippen LogP contribution in [-0.4, -0.2) is 54.6 Å². The SMILES string of the molecule is CC1CCCC(C(N)C2CN3CCN2CC3)C1. The van der Waals surface area contributed by atoms with Crippen molar-refractivity contribution < 1.29 is 0 Å². The van der Waals surface area contributed by atoms with E-state index in [0.717, 1.165) is 11.8 Å². The topological polar surface area (TPSA) is 32.5 Å². The van der Waals surface area contributed by atoms with Gasteiger partial charge in [-0.1, -0.05) is 19.8 Å². The van der Waals surface area contributed by atoms with Gasteiger partial charge in [-0.05, 0) is 24.7 Å². The molecule has 4 rings (SSSR count). The third-order valence-electron chi connectivity index (χ3n) is 5.29. The molecule has 17 heavy (non-hydrogen) atoms. The average molecular weight is 237 g/mol. The first kappa shape index (κ1) is 11.9. The number of hydrogen-bond acceptors (Lipinski definition) is 3. The van der Waals surface area contributed by atoms with Crippen LogP contribution in [-0.2, 0) is 0 Å². The van der Waals surface area contributed by atoms with E-state index in [1.807, 2.05) is 0 Å². The molecule has 3 heteroatoms. The van der Waals surface area contributed by atoms with E-state index in [2.05, 4.69) is 16.7 Å². The maximum atomic E-state index is 6.60. The molecule has 0 aromatic rings. The van der Waals surface area contributed by atoms with Crippen LogP contribution in [0.5, 0.6) is 0 Å². The predicted octanol–water partition coefficient (Wildman–Crippen LogP) is 1.14. The quantitative estimate of drug-likeness (QED) is 0.782. The summed E-state index contributed by atoms with van der Waals surface area (Å²) in [6, 6.07) is 1.06. The van der Waals surface area contributed by atoms with Gasteiger partial charge in [0.25, 0.3) is 0 Å². The van der Waals surface area contributed by atoms with Gasteiger partial charge in [0.05, 0.1) is 0 Å². The lowest BCUT2D eigenvalue weighted by Gasteiger charge is -2.51. The molecule has 3 heterocycles.